The number of aromatic amines is 2. The summed E-state index contributed by atoms with van der Waals surface area (Å²) in [6, 6.07) is 4.39. The molecule has 1 aromatic carbocycles. The number of carbonyl (C=O) groups is 1. The molecule has 1 amide bonds. The van der Waals surface area contributed by atoms with Crippen molar-refractivity contribution in [3.05, 3.63) is 50.4 Å². The lowest BCUT2D eigenvalue weighted by Gasteiger charge is -2.14. The van der Waals surface area contributed by atoms with Crippen molar-refractivity contribution in [3.8, 4) is 0 Å². The van der Waals surface area contributed by atoms with Crippen molar-refractivity contribution in [2.45, 2.75) is 30.5 Å². The molecule has 1 aromatic heterocycles. The largest absolute Gasteiger partial charge is 0.342 e. The number of nitrogens with zero attached hydrogens (tertiary/aromatic N) is 1. The lowest BCUT2D eigenvalue weighted by Crippen LogP contribution is -2.29. The van der Waals surface area contributed by atoms with Gasteiger partial charge in [0, 0.05) is 5.69 Å². The summed E-state index contributed by atoms with van der Waals surface area (Å²) in [5, 5.41) is 7.71. The monoisotopic (exact) mass is 338 g/mol. The first-order valence-electron chi connectivity index (χ1n) is 6.83. The van der Waals surface area contributed by atoms with Gasteiger partial charge < -0.3 is 5.32 Å². The summed E-state index contributed by atoms with van der Waals surface area (Å²) < 4.78 is 13.5. The average Bonchev–Trinajstić information content (AvgIpc) is 2.50. The van der Waals surface area contributed by atoms with Crippen LogP contribution >= 0.6 is 11.8 Å². The lowest BCUT2D eigenvalue weighted by atomic mass is 10.2. The molecule has 0 aliphatic rings. The van der Waals surface area contributed by atoms with E-state index >= 15 is 0 Å². The Bertz CT molecular complexity index is 833. The lowest BCUT2D eigenvalue weighted by molar-refractivity contribution is -0.115. The van der Waals surface area contributed by atoms with Crippen LogP contribution in [0.5, 0.6) is 0 Å². The molecule has 23 heavy (non-hydrogen) atoms. The Hall–Kier alpha value is -2.42. The summed E-state index contributed by atoms with van der Waals surface area (Å²) in [5.41, 5.74) is -0.563. The van der Waals surface area contributed by atoms with Gasteiger partial charge in [0.05, 0.1) is 5.25 Å². The van der Waals surface area contributed by atoms with E-state index in [-0.39, 0.29) is 10.9 Å². The second-order valence-electron chi connectivity index (χ2n) is 4.78. The molecule has 0 unspecified atom stereocenters. The number of rotatable bonds is 5. The number of thioether (sulfide) groups is 1. The third kappa shape index (κ3) is 4.28. The minimum absolute atomic E-state index is 0.0123. The molecule has 122 valence electrons. The zero-order valence-electron chi connectivity index (χ0n) is 12.5. The number of amides is 1. The van der Waals surface area contributed by atoms with Gasteiger partial charge in [-0.3, -0.25) is 14.6 Å². The molecular weight excluding hydrogens is 323 g/mol. The van der Waals surface area contributed by atoms with Gasteiger partial charge in [-0.2, -0.15) is 5.10 Å². The van der Waals surface area contributed by atoms with Crippen molar-refractivity contribution in [2.24, 2.45) is 0 Å². The molecule has 0 aliphatic carbocycles. The third-order valence-electron chi connectivity index (χ3n) is 3.04. The number of anilines is 1. The van der Waals surface area contributed by atoms with Gasteiger partial charge >= 0.3 is 5.69 Å². The topological polar surface area (TPSA) is 108 Å². The minimum Gasteiger partial charge on any atom is -0.325 e. The van der Waals surface area contributed by atoms with E-state index < -0.39 is 22.3 Å². The molecule has 0 saturated heterocycles. The molecule has 0 radical (unpaired) electrons. The highest BCUT2D eigenvalue weighted by Crippen LogP contribution is 2.22. The molecular formula is C14H15FN4O3S. The van der Waals surface area contributed by atoms with E-state index in [4.69, 9.17) is 0 Å². The Kier molecular flexibility index (Phi) is 5.32. The van der Waals surface area contributed by atoms with E-state index in [0.29, 0.717) is 17.7 Å². The predicted molar refractivity (Wildman–Crippen MR) is 85.2 cm³/mol. The summed E-state index contributed by atoms with van der Waals surface area (Å²) in [5.74, 6) is -0.796. The summed E-state index contributed by atoms with van der Waals surface area (Å²) in [7, 11) is 0. The Morgan fingerprint density at radius 1 is 1.43 bits per heavy atom. The quantitative estimate of drug-likeness (QED) is 0.715. The van der Waals surface area contributed by atoms with Crippen molar-refractivity contribution in [2.75, 3.05) is 5.32 Å². The second kappa shape index (κ2) is 7.23. The highest BCUT2D eigenvalue weighted by molar-refractivity contribution is 8.00. The standard InChI is InChI=1S/C14H15FN4O3S/c1-3-10(23-13-12(21)17-14(22)19-18-13)11(20)16-8-5-4-7(2)9(15)6-8/h4-6,10H,3H2,1-2H3,(H,16,20)(H2,17,19,21,22)/t10-/m0/s1. The number of aromatic nitrogens is 3. The van der Waals surface area contributed by atoms with Gasteiger partial charge in [-0.05, 0) is 31.0 Å². The fourth-order valence-corrected chi connectivity index (χ4v) is 2.63. The van der Waals surface area contributed by atoms with Gasteiger partial charge in [0.25, 0.3) is 5.56 Å². The molecule has 9 heteroatoms. The highest BCUT2D eigenvalue weighted by Gasteiger charge is 2.21. The molecule has 0 aliphatic heterocycles. The van der Waals surface area contributed by atoms with E-state index in [9.17, 15) is 18.8 Å². The van der Waals surface area contributed by atoms with Gasteiger partial charge in [0.2, 0.25) is 5.91 Å². The minimum atomic E-state index is -0.716. The maximum Gasteiger partial charge on any atom is 0.342 e. The molecule has 2 rings (SSSR count). The molecule has 3 N–H and O–H groups in total. The number of hydrogen-bond donors (Lipinski definition) is 3. The molecule has 1 heterocycles. The highest BCUT2D eigenvalue weighted by atomic mass is 32.2. The molecule has 1 atom stereocenters. The van der Waals surface area contributed by atoms with Gasteiger partial charge in [-0.25, -0.2) is 14.3 Å². The van der Waals surface area contributed by atoms with Crippen LogP contribution in [0, 0.1) is 12.7 Å². The van der Waals surface area contributed by atoms with E-state index in [0.717, 1.165) is 11.8 Å². The normalized spacial score (nSPS) is 12.0. The van der Waals surface area contributed by atoms with E-state index in [1.54, 1.807) is 26.0 Å². The summed E-state index contributed by atoms with van der Waals surface area (Å²) >= 11 is 0.928. The molecule has 0 fully saturated rings. The van der Waals surface area contributed by atoms with Gasteiger partial charge in [0.15, 0.2) is 5.03 Å². The van der Waals surface area contributed by atoms with Crippen LogP contribution in [0.1, 0.15) is 18.9 Å². The first-order valence-corrected chi connectivity index (χ1v) is 7.71. The van der Waals surface area contributed by atoms with Crippen LogP contribution < -0.4 is 16.6 Å². The van der Waals surface area contributed by atoms with Crippen molar-refractivity contribution >= 4 is 23.4 Å². The zero-order valence-corrected chi connectivity index (χ0v) is 13.3. The smallest absolute Gasteiger partial charge is 0.325 e. The zero-order chi connectivity index (χ0) is 17.0. The molecule has 0 spiro atoms. The van der Waals surface area contributed by atoms with Crippen molar-refractivity contribution in [3.63, 3.8) is 0 Å². The third-order valence-corrected chi connectivity index (χ3v) is 4.37. The van der Waals surface area contributed by atoms with Crippen LogP contribution in [0.3, 0.4) is 0 Å². The number of aryl methyl sites for hydroxylation is 1. The van der Waals surface area contributed by atoms with Crippen LogP contribution in [-0.4, -0.2) is 26.3 Å². The fourth-order valence-electron chi connectivity index (χ4n) is 1.77. The van der Waals surface area contributed by atoms with Crippen molar-refractivity contribution in [1.82, 2.24) is 15.2 Å². The Morgan fingerprint density at radius 3 is 2.78 bits per heavy atom. The van der Waals surface area contributed by atoms with Crippen molar-refractivity contribution < 1.29 is 9.18 Å². The van der Waals surface area contributed by atoms with E-state index in [2.05, 4.69) is 15.5 Å². The summed E-state index contributed by atoms with van der Waals surface area (Å²) in [4.78, 5) is 36.8. The van der Waals surface area contributed by atoms with Gasteiger partial charge in [0.1, 0.15) is 5.82 Å². The second-order valence-corrected chi connectivity index (χ2v) is 5.97. The first-order chi connectivity index (χ1) is 10.9. The molecule has 0 bridgehead atoms. The summed E-state index contributed by atoms with van der Waals surface area (Å²) in [6.07, 6.45) is 0.422. The van der Waals surface area contributed by atoms with Crippen LogP contribution in [0.2, 0.25) is 0 Å². The Morgan fingerprint density at radius 2 is 2.17 bits per heavy atom. The predicted octanol–water partition coefficient (Wildman–Crippen LogP) is 1.42. The summed E-state index contributed by atoms with van der Waals surface area (Å²) in [6.45, 7) is 3.40. The van der Waals surface area contributed by atoms with Crippen LogP contribution in [0.4, 0.5) is 10.1 Å². The van der Waals surface area contributed by atoms with Crippen LogP contribution in [0.15, 0.2) is 32.8 Å². The number of benzene rings is 1. The van der Waals surface area contributed by atoms with Gasteiger partial charge in [-0.15, -0.1) is 0 Å². The number of halogens is 1. The Balaban J connectivity index is 2.13. The maximum absolute atomic E-state index is 13.5. The number of carbonyl (C=O) groups excluding carboxylic acids is 1. The van der Waals surface area contributed by atoms with Crippen LogP contribution in [0.25, 0.3) is 0 Å². The fraction of sp³-hybridized carbons (Fsp3) is 0.286. The number of hydrogen-bond acceptors (Lipinski definition) is 5. The number of nitrogens with one attached hydrogen (secondary N) is 3. The molecule has 2 aromatic rings. The number of H-pyrrole nitrogens is 2. The Labute approximate surface area is 134 Å². The van der Waals surface area contributed by atoms with E-state index in [1.807, 2.05) is 4.98 Å². The van der Waals surface area contributed by atoms with Gasteiger partial charge in [-0.1, -0.05) is 24.8 Å². The van der Waals surface area contributed by atoms with Crippen LogP contribution in [-0.2, 0) is 4.79 Å². The molecule has 7 nitrogen and oxygen atoms in total. The first kappa shape index (κ1) is 16.9. The van der Waals surface area contributed by atoms with E-state index in [1.165, 1.54) is 6.07 Å². The SMILES string of the molecule is CC[C@H](Sc1n[nH]c(=O)[nH]c1=O)C(=O)Nc1ccc(C)c(F)c1. The average molecular weight is 338 g/mol. The van der Waals surface area contributed by atoms with Crippen molar-refractivity contribution in [1.29, 1.82) is 0 Å². The molecule has 0 saturated carbocycles. The maximum atomic E-state index is 13.5.